The van der Waals surface area contributed by atoms with E-state index in [-0.39, 0.29) is 17.5 Å². The molecule has 1 aliphatic heterocycles. The Morgan fingerprint density at radius 2 is 2.19 bits per heavy atom. The van der Waals surface area contributed by atoms with E-state index in [1.807, 2.05) is 0 Å². The number of nitrogens with one attached hydrogen (secondary N) is 2. The van der Waals surface area contributed by atoms with Crippen LogP contribution in [0, 0.1) is 12.8 Å². The average molecular weight is 290 g/mol. The number of hydrogen-bond donors (Lipinski definition) is 3. The van der Waals surface area contributed by atoms with Crippen molar-refractivity contribution in [3.8, 4) is 0 Å². The van der Waals surface area contributed by atoms with Crippen LogP contribution in [0.5, 0.6) is 0 Å². The molecule has 21 heavy (non-hydrogen) atoms. The molecule has 1 heterocycles. The van der Waals surface area contributed by atoms with E-state index in [1.165, 1.54) is 0 Å². The molecule has 0 bridgehead atoms. The highest BCUT2D eigenvalue weighted by molar-refractivity contribution is 6.03. The number of aromatic carboxylic acids is 1. The summed E-state index contributed by atoms with van der Waals surface area (Å²) in [6.07, 6.45) is 2.96. The number of amides is 1. The fourth-order valence-electron chi connectivity index (χ4n) is 2.84. The number of hydrogen-bond acceptors (Lipinski definition) is 3. The number of benzene rings is 1. The van der Waals surface area contributed by atoms with Gasteiger partial charge in [0, 0.05) is 0 Å². The maximum absolute atomic E-state index is 12.3. The molecule has 0 aliphatic carbocycles. The van der Waals surface area contributed by atoms with Crippen LogP contribution >= 0.6 is 0 Å². The van der Waals surface area contributed by atoms with Gasteiger partial charge in [-0.05, 0) is 43.9 Å². The molecule has 1 amide bonds. The van der Waals surface area contributed by atoms with E-state index in [4.69, 9.17) is 0 Å². The van der Waals surface area contributed by atoms with Crippen molar-refractivity contribution in [2.75, 3.05) is 11.9 Å². The minimum absolute atomic E-state index is 0.152. The van der Waals surface area contributed by atoms with Gasteiger partial charge >= 0.3 is 5.97 Å². The van der Waals surface area contributed by atoms with Crippen molar-refractivity contribution in [1.82, 2.24) is 5.32 Å². The number of rotatable bonds is 4. The van der Waals surface area contributed by atoms with Crippen LogP contribution in [0.25, 0.3) is 0 Å². The molecule has 1 aromatic carbocycles. The van der Waals surface area contributed by atoms with E-state index in [9.17, 15) is 14.7 Å². The summed E-state index contributed by atoms with van der Waals surface area (Å²) in [6, 6.07) is 4.87. The van der Waals surface area contributed by atoms with E-state index in [0.717, 1.165) is 25.8 Å². The molecule has 2 unspecified atom stereocenters. The Hall–Kier alpha value is -1.88. The molecule has 2 atom stereocenters. The van der Waals surface area contributed by atoms with Crippen molar-refractivity contribution in [3.05, 3.63) is 29.3 Å². The molecule has 0 spiro atoms. The number of carboxylic acids is 1. The fourth-order valence-corrected chi connectivity index (χ4v) is 2.84. The van der Waals surface area contributed by atoms with Crippen molar-refractivity contribution in [3.63, 3.8) is 0 Å². The number of aryl methyl sites for hydroxylation is 1. The lowest BCUT2D eigenvalue weighted by atomic mass is 9.90. The maximum atomic E-state index is 12.3. The number of carbonyl (C=O) groups excluding carboxylic acids is 1. The van der Waals surface area contributed by atoms with Gasteiger partial charge in [0.25, 0.3) is 0 Å². The summed E-state index contributed by atoms with van der Waals surface area (Å²) in [4.78, 5) is 23.7. The minimum atomic E-state index is -1.02. The molecule has 0 saturated carbocycles. The number of carbonyl (C=O) groups is 2. The fraction of sp³-hybridized carbons (Fsp3) is 0.500. The second kappa shape index (κ2) is 6.72. The summed E-state index contributed by atoms with van der Waals surface area (Å²) in [7, 11) is 0. The lowest BCUT2D eigenvalue weighted by Gasteiger charge is -2.29. The van der Waals surface area contributed by atoms with Gasteiger partial charge in [0.15, 0.2) is 0 Å². The molecule has 1 fully saturated rings. The molecule has 5 heteroatoms. The number of piperidine rings is 1. The summed E-state index contributed by atoms with van der Waals surface area (Å²) < 4.78 is 0. The van der Waals surface area contributed by atoms with Gasteiger partial charge in [-0.3, -0.25) is 4.79 Å². The largest absolute Gasteiger partial charge is 0.478 e. The van der Waals surface area contributed by atoms with Crippen LogP contribution < -0.4 is 10.6 Å². The van der Waals surface area contributed by atoms with E-state index in [2.05, 4.69) is 17.6 Å². The summed E-state index contributed by atoms with van der Waals surface area (Å²) in [5.74, 6) is -0.619. The molecule has 1 aliphatic rings. The highest BCUT2D eigenvalue weighted by Gasteiger charge is 2.26. The molecule has 2 rings (SSSR count). The van der Waals surface area contributed by atoms with Gasteiger partial charge < -0.3 is 15.7 Å². The van der Waals surface area contributed by atoms with Gasteiger partial charge in [-0.15, -0.1) is 0 Å². The molecule has 5 nitrogen and oxygen atoms in total. The maximum Gasteiger partial charge on any atom is 0.338 e. The van der Waals surface area contributed by atoms with Crippen LogP contribution in [0.3, 0.4) is 0 Å². The summed E-state index contributed by atoms with van der Waals surface area (Å²) >= 11 is 0. The first-order valence-corrected chi connectivity index (χ1v) is 7.40. The zero-order chi connectivity index (χ0) is 15.4. The first-order valence-electron chi connectivity index (χ1n) is 7.40. The van der Waals surface area contributed by atoms with Crippen LogP contribution in [-0.4, -0.2) is 29.6 Å². The zero-order valence-electron chi connectivity index (χ0n) is 12.5. The molecule has 3 N–H and O–H groups in total. The third kappa shape index (κ3) is 3.61. The first kappa shape index (κ1) is 15.5. The Labute approximate surface area is 124 Å². The van der Waals surface area contributed by atoms with Crippen molar-refractivity contribution < 1.29 is 14.7 Å². The lowest BCUT2D eigenvalue weighted by Crippen LogP contribution is -2.46. The van der Waals surface area contributed by atoms with Gasteiger partial charge in [-0.25, -0.2) is 4.79 Å². The first-order chi connectivity index (χ1) is 10.0. The van der Waals surface area contributed by atoms with Gasteiger partial charge in [-0.1, -0.05) is 25.5 Å². The Morgan fingerprint density at radius 1 is 1.43 bits per heavy atom. The second-order valence-electron chi connectivity index (χ2n) is 5.60. The smallest absolute Gasteiger partial charge is 0.338 e. The van der Waals surface area contributed by atoms with Gasteiger partial charge in [0.1, 0.15) is 0 Å². The molecule has 1 saturated heterocycles. The summed E-state index contributed by atoms with van der Waals surface area (Å²) in [5, 5.41) is 15.3. The van der Waals surface area contributed by atoms with E-state index in [0.29, 0.717) is 17.2 Å². The zero-order valence-corrected chi connectivity index (χ0v) is 12.5. The summed E-state index contributed by atoms with van der Waals surface area (Å²) in [5.41, 5.74) is 1.17. The Balaban J connectivity index is 2.13. The van der Waals surface area contributed by atoms with Crippen LogP contribution in [0.1, 0.15) is 42.1 Å². The standard InChI is InChI=1S/C16H22N2O3/c1-3-11-7-8-17-13(9-11)15(19)18-12-6-4-5-10(2)14(12)16(20)21/h4-6,11,13,17H,3,7-9H2,1-2H3,(H,18,19)(H,20,21). The molecule has 0 aromatic heterocycles. The number of carboxylic acid groups (broad SMARTS) is 1. The summed E-state index contributed by atoms with van der Waals surface area (Å²) in [6.45, 7) is 4.69. The van der Waals surface area contributed by atoms with E-state index >= 15 is 0 Å². The van der Waals surface area contributed by atoms with Gasteiger partial charge in [-0.2, -0.15) is 0 Å². The van der Waals surface area contributed by atoms with E-state index in [1.54, 1.807) is 25.1 Å². The Bertz CT molecular complexity index is 542. The SMILES string of the molecule is CCC1CCNC(C(=O)Nc2cccc(C)c2C(=O)O)C1. The normalized spacial score (nSPS) is 21.8. The monoisotopic (exact) mass is 290 g/mol. The predicted molar refractivity (Wildman–Crippen MR) is 81.6 cm³/mol. The molecule has 114 valence electrons. The van der Waals surface area contributed by atoms with Crippen molar-refractivity contribution >= 4 is 17.6 Å². The van der Waals surface area contributed by atoms with Crippen molar-refractivity contribution in [2.45, 2.75) is 39.2 Å². The Morgan fingerprint density at radius 3 is 2.86 bits per heavy atom. The van der Waals surface area contributed by atoms with Crippen LogP contribution in [-0.2, 0) is 4.79 Å². The minimum Gasteiger partial charge on any atom is -0.478 e. The second-order valence-corrected chi connectivity index (χ2v) is 5.60. The van der Waals surface area contributed by atoms with Gasteiger partial charge in [0.2, 0.25) is 5.91 Å². The van der Waals surface area contributed by atoms with Crippen molar-refractivity contribution in [1.29, 1.82) is 0 Å². The topological polar surface area (TPSA) is 78.4 Å². The molecule has 0 radical (unpaired) electrons. The van der Waals surface area contributed by atoms with Crippen LogP contribution in [0.15, 0.2) is 18.2 Å². The third-order valence-electron chi connectivity index (χ3n) is 4.15. The van der Waals surface area contributed by atoms with E-state index < -0.39 is 5.97 Å². The molecular formula is C16H22N2O3. The van der Waals surface area contributed by atoms with Crippen molar-refractivity contribution in [2.24, 2.45) is 5.92 Å². The van der Waals surface area contributed by atoms with Gasteiger partial charge in [0.05, 0.1) is 17.3 Å². The average Bonchev–Trinajstić information content (AvgIpc) is 2.47. The lowest BCUT2D eigenvalue weighted by molar-refractivity contribution is -0.119. The Kier molecular flexibility index (Phi) is 4.96. The predicted octanol–water partition coefficient (Wildman–Crippen LogP) is 2.41. The van der Waals surface area contributed by atoms with Crippen LogP contribution in [0.2, 0.25) is 0 Å². The number of anilines is 1. The van der Waals surface area contributed by atoms with Crippen LogP contribution in [0.4, 0.5) is 5.69 Å². The molecule has 1 aromatic rings. The molecular weight excluding hydrogens is 268 g/mol. The highest BCUT2D eigenvalue weighted by Crippen LogP contribution is 2.23. The quantitative estimate of drug-likeness (QED) is 0.795. The third-order valence-corrected chi connectivity index (χ3v) is 4.15. The highest BCUT2D eigenvalue weighted by atomic mass is 16.4.